The number of methoxy groups -OCH3 is 1. The molecule has 6 heteroatoms. The predicted molar refractivity (Wildman–Crippen MR) is 129 cm³/mol. The van der Waals surface area contributed by atoms with Crippen molar-refractivity contribution in [3.05, 3.63) is 54.1 Å². The third-order valence-electron chi connectivity index (χ3n) is 7.04. The Morgan fingerprint density at radius 1 is 0.938 bits per heavy atom. The summed E-state index contributed by atoms with van der Waals surface area (Å²) in [5.41, 5.74) is 3.51. The molecule has 0 spiro atoms. The minimum atomic E-state index is -3.47. The molecule has 2 atom stereocenters. The largest absolute Gasteiger partial charge is 0.384 e. The van der Waals surface area contributed by atoms with E-state index in [1.54, 1.807) is 23.5 Å². The highest BCUT2D eigenvalue weighted by atomic mass is 32.2. The molecule has 2 saturated heterocycles. The van der Waals surface area contributed by atoms with E-state index in [1.165, 1.54) is 24.9 Å². The number of rotatable bonds is 8. The molecule has 2 unspecified atom stereocenters. The summed E-state index contributed by atoms with van der Waals surface area (Å²) >= 11 is 0. The van der Waals surface area contributed by atoms with E-state index < -0.39 is 10.0 Å². The molecular formula is C26H36N2O3S. The zero-order valence-electron chi connectivity index (χ0n) is 19.4. The van der Waals surface area contributed by atoms with Gasteiger partial charge in [-0.3, -0.25) is 0 Å². The van der Waals surface area contributed by atoms with Crippen molar-refractivity contribution in [2.75, 3.05) is 39.9 Å². The maximum atomic E-state index is 13.1. The average Bonchev–Trinajstić information content (AvgIpc) is 3.23. The normalized spacial score (nSPS) is 22.9. The van der Waals surface area contributed by atoms with Crippen LogP contribution in [0.1, 0.15) is 38.2 Å². The van der Waals surface area contributed by atoms with Gasteiger partial charge in [0.2, 0.25) is 10.0 Å². The highest BCUT2D eigenvalue weighted by Gasteiger charge is 2.30. The molecule has 2 aliphatic heterocycles. The van der Waals surface area contributed by atoms with Crippen LogP contribution in [0.4, 0.5) is 0 Å². The van der Waals surface area contributed by atoms with Gasteiger partial charge in [0.15, 0.2) is 0 Å². The van der Waals surface area contributed by atoms with Gasteiger partial charge in [-0.1, -0.05) is 36.4 Å². The van der Waals surface area contributed by atoms with Crippen molar-refractivity contribution in [1.29, 1.82) is 0 Å². The predicted octanol–water partition coefficient (Wildman–Crippen LogP) is 4.43. The van der Waals surface area contributed by atoms with Gasteiger partial charge in [-0.25, -0.2) is 8.42 Å². The third kappa shape index (κ3) is 5.42. The first kappa shape index (κ1) is 23.4. The van der Waals surface area contributed by atoms with Gasteiger partial charge in [0.1, 0.15) is 0 Å². The van der Waals surface area contributed by atoms with Crippen molar-refractivity contribution in [2.24, 2.45) is 5.92 Å². The molecule has 0 bridgehead atoms. The first-order chi connectivity index (χ1) is 15.5. The molecule has 2 aliphatic rings. The van der Waals surface area contributed by atoms with E-state index in [0.717, 1.165) is 36.9 Å². The summed E-state index contributed by atoms with van der Waals surface area (Å²) in [6, 6.07) is 16.7. The quantitative estimate of drug-likeness (QED) is 0.590. The molecule has 0 aromatic heterocycles. The number of hydrogen-bond acceptors (Lipinski definition) is 4. The van der Waals surface area contributed by atoms with E-state index >= 15 is 0 Å². The lowest BCUT2D eigenvalue weighted by atomic mass is 10.0. The van der Waals surface area contributed by atoms with E-state index in [1.807, 2.05) is 12.1 Å². The molecule has 0 amide bonds. The fourth-order valence-corrected chi connectivity index (χ4v) is 6.60. The van der Waals surface area contributed by atoms with Crippen LogP contribution in [0, 0.1) is 5.92 Å². The van der Waals surface area contributed by atoms with E-state index in [2.05, 4.69) is 36.1 Å². The van der Waals surface area contributed by atoms with Crippen molar-refractivity contribution >= 4 is 10.0 Å². The summed E-state index contributed by atoms with van der Waals surface area (Å²) < 4.78 is 33.1. The van der Waals surface area contributed by atoms with Crippen molar-refractivity contribution in [3.8, 4) is 11.1 Å². The summed E-state index contributed by atoms with van der Waals surface area (Å²) in [5, 5.41) is 0. The fraction of sp³-hybridized carbons (Fsp3) is 0.538. The molecule has 2 fully saturated rings. The van der Waals surface area contributed by atoms with Crippen molar-refractivity contribution in [2.45, 2.75) is 50.0 Å². The number of hydrogen-bond donors (Lipinski definition) is 0. The molecule has 0 saturated carbocycles. The number of likely N-dealkylation sites (tertiary alicyclic amines) is 1. The Balaban J connectivity index is 1.39. The molecule has 174 valence electrons. The minimum Gasteiger partial charge on any atom is -0.384 e. The van der Waals surface area contributed by atoms with E-state index in [4.69, 9.17) is 4.74 Å². The summed E-state index contributed by atoms with van der Waals surface area (Å²) in [7, 11) is -1.79. The van der Waals surface area contributed by atoms with Gasteiger partial charge in [-0.05, 0) is 80.3 Å². The van der Waals surface area contributed by atoms with E-state index in [9.17, 15) is 8.42 Å². The lowest BCUT2D eigenvalue weighted by Gasteiger charge is -2.31. The standard InChI is InChI=1S/C26H36N2O3S/c1-21-5-3-16-27(21)18-15-22-7-9-24(10-8-22)25-11-13-26(14-12-25)32(29,30)28-17-4-6-23(19-28)20-31-2/h7-14,21,23H,3-6,15-20H2,1-2H3. The maximum Gasteiger partial charge on any atom is 0.243 e. The van der Waals surface area contributed by atoms with Gasteiger partial charge < -0.3 is 9.64 Å². The highest BCUT2D eigenvalue weighted by molar-refractivity contribution is 7.89. The molecule has 0 radical (unpaired) electrons. The molecule has 4 rings (SSSR count). The third-order valence-corrected chi connectivity index (χ3v) is 8.92. The monoisotopic (exact) mass is 456 g/mol. The van der Waals surface area contributed by atoms with Crippen LogP contribution in [0.15, 0.2) is 53.4 Å². The first-order valence-corrected chi connectivity index (χ1v) is 13.3. The van der Waals surface area contributed by atoms with Crippen LogP contribution in [0.5, 0.6) is 0 Å². The van der Waals surface area contributed by atoms with Crippen LogP contribution in [0.3, 0.4) is 0 Å². The Bertz CT molecular complexity index is 971. The van der Waals surface area contributed by atoms with Crippen LogP contribution >= 0.6 is 0 Å². The number of piperidine rings is 1. The zero-order valence-corrected chi connectivity index (χ0v) is 20.2. The van der Waals surface area contributed by atoms with Gasteiger partial charge in [-0.15, -0.1) is 0 Å². The molecular weight excluding hydrogens is 420 g/mol. The van der Waals surface area contributed by atoms with E-state index in [-0.39, 0.29) is 5.92 Å². The highest BCUT2D eigenvalue weighted by Crippen LogP contribution is 2.27. The Morgan fingerprint density at radius 3 is 2.22 bits per heavy atom. The van der Waals surface area contributed by atoms with Crippen molar-refractivity contribution in [3.63, 3.8) is 0 Å². The average molecular weight is 457 g/mol. The number of nitrogens with zero attached hydrogens (tertiary/aromatic N) is 2. The Hall–Kier alpha value is -1.73. The summed E-state index contributed by atoms with van der Waals surface area (Å²) in [6.45, 7) is 6.40. The summed E-state index contributed by atoms with van der Waals surface area (Å²) in [6.07, 6.45) is 5.61. The lowest BCUT2D eigenvalue weighted by molar-refractivity contribution is 0.118. The van der Waals surface area contributed by atoms with Gasteiger partial charge >= 0.3 is 0 Å². The molecule has 2 heterocycles. The lowest BCUT2D eigenvalue weighted by Crippen LogP contribution is -2.41. The first-order valence-electron chi connectivity index (χ1n) is 11.9. The minimum absolute atomic E-state index is 0.273. The smallest absolute Gasteiger partial charge is 0.243 e. The fourth-order valence-electron chi connectivity index (χ4n) is 5.05. The van der Waals surface area contributed by atoms with Crippen molar-refractivity contribution in [1.82, 2.24) is 9.21 Å². The Labute approximate surface area is 193 Å². The van der Waals surface area contributed by atoms with Gasteiger partial charge in [0.25, 0.3) is 0 Å². The Morgan fingerprint density at radius 2 is 1.59 bits per heavy atom. The summed E-state index contributed by atoms with van der Waals surface area (Å²) in [5.74, 6) is 0.273. The second-order valence-corrected chi connectivity index (χ2v) is 11.3. The SMILES string of the molecule is COCC1CCCN(S(=O)(=O)c2ccc(-c3ccc(CCN4CCCC4C)cc3)cc2)C1. The number of ether oxygens (including phenoxy) is 1. The second kappa shape index (κ2) is 10.5. The van der Waals surface area contributed by atoms with Crippen LogP contribution in [0.2, 0.25) is 0 Å². The van der Waals surface area contributed by atoms with Crippen LogP contribution < -0.4 is 0 Å². The molecule has 5 nitrogen and oxygen atoms in total. The Kier molecular flexibility index (Phi) is 7.66. The van der Waals surface area contributed by atoms with Crippen LogP contribution in [-0.4, -0.2) is 63.6 Å². The molecule has 32 heavy (non-hydrogen) atoms. The molecule has 2 aromatic rings. The second-order valence-electron chi connectivity index (χ2n) is 9.33. The van der Waals surface area contributed by atoms with E-state index in [0.29, 0.717) is 30.6 Å². The molecule has 0 N–H and O–H groups in total. The van der Waals surface area contributed by atoms with Crippen LogP contribution in [-0.2, 0) is 21.2 Å². The molecule has 0 aliphatic carbocycles. The summed E-state index contributed by atoms with van der Waals surface area (Å²) in [4.78, 5) is 2.95. The van der Waals surface area contributed by atoms with Gasteiger partial charge in [0.05, 0.1) is 11.5 Å². The van der Waals surface area contributed by atoms with Crippen LogP contribution in [0.25, 0.3) is 11.1 Å². The maximum absolute atomic E-state index is 13.1. The topological polar surface area (TPSA) is 49.9 Å². The molecule has 2 aromatic carbocycles. The number of sulfonamides is 1. The zero-order chi connectivity index (χ0) is 22.6. The van der Waals surface area contributed by atoms with Crippen molar-refractivity contribution < 1.29 is 13.2 Å². The number of benzene rings is 2. The van der Waals surface area contributed by atoms with Gasteiger partial charge in [0, 0.05) is 32.8 Å². The van der Waals surface area contributed by atoms with Gasteiger partial charge in [-0.2, -0.15) is 4.31 Å².